The van der Waals surface area contributed by atoms with Gasteiger partial charge in [-0.3, -0.25) is 4.79 Å². The van der Waals surface area contributed by atoms with Gasteiger partial charge in [0.1, 0.15) is 5.75 Å². The Hall–Kier alpha value is -1.55. The topological polar surface area (TPSA) is 55.6 Å². The van der Waals surface area contributed by atoms with Crippen molar-refractivity contribution in [3.63, 3.8) is 0 Å². The third kappa shape index (κ3) is 3.51. The van der Waals surface area contributed by atoms with Gasteiger partial charge in [0, 0.05) is 18.7 Å². The number of carbonyl (C=O) groups excluding carboxylic acids is 1. The molecule has 2 N–H and O–H groups in total. The van der Waals surface area contributed by atoms with Gasteiger partial charge in [0.2, 0.25) is 0 Å². The standard InChI is InChI=1S/C16H24N2O2/c1-3-12(2)20-15-6-4-14(5-7-15)16(19)18-9-8-13(10-17)11-18/h4-7,12-13H,3,8-11,17H2,1-2H3/t12-,13+/m0/s1. The van der Waals surface area contributed by atoms with Crippen LogP contribution in [0.5, 0.6) is 5.75 Å². The number of hydrogen-bond acceptors (Lipinski definition) is 3. The Morgan fingerprint density at radius 3 is 2.70 bits per heavy atom. The van der Waals surface area contributed by atoms with Gasteiger partial charge >= 0.3 is 0 Å². The summed E-state index contributed by atoms with van der Waals surface area (Å²) >= 11 is 0. The van der Waals surface area contributed by atoms with Gasteiger partial charge in [-0.2, -0.15) is 0 Å². The molecule has 1 amide bonds. The number of carbonyl (C=O) groups is 1. The van der Waals surface area contributed by atoms with Crippen LogP contribution >= 0.6 is 0 Å². The fourth-order valence-electron chi connectivity index (χ4n) is 2.38. The van der Waals surface area contributed by atoms with Crippen LogP contribution in [0.15, 0.2) is 24.3 Å². The van der Waals surface area contributed by atoms with Gasteiger partial charge in [-0.25, -0.2) is 0 Å². The van der Waals surface area contributed by atoms with Crippen molar-refractivity contribution in [2.45, 2.75) is 32.8 Å². The highest BCUT2D eigenvalue weighted by atomic mass is 16.5. The Bertz CT molecular complexity index is 444. The summed E-state index contributed by atoms with van der Waals surface area (Å²) in [5.74, 6) is 1.36. The zero-order valence-corrected chi connectivity index (χ0v) is 12.3. The Balaban J connectivity index is 1.97. The molecule has 0 saturated carbocycles. The summed E-state index contributed by atoms with van der Waals surface area (Å²) in [6.07, 6.45) is 2.17. The van der Waals surface area contributed by atoms with Gasteiger partial charge < -0.3 is 15.4 Å². The van der Waals surface area contributed by atoms with Gasteiger partial charge in [0.25, 0.3) is 5.91 Å². The average Bonchev–Trinajstić information content (AvgIpc) is 2.96. The van der Waals surface area contributed by atoms with Gasteiger partial charge in [-0.15, -0.1) is 0 Å². The van der Waals surface area contributed by atoms with E-state index in [4.69, 9.17) is 10.5 Å². The summed E-state index contributed by atoms with van der Waals surface area (Å²) in [6, 6.07) is 7.43. The van der Waals surface area contributed by atoms with Crippen LogP contribution in [0.3, 0.4) is 0 Å². The van der Waals surface area contributed by atoms with Gasteiger partial charge in [0.15, 0.2) is 0 Å². The van der Waals surface area contributed by atoms with Gasteiger partial charge in [-0.05, 0) is 56.5 Å². The van der Waals surface area contributed by atoms with Crippen LogP contribution in [0.25, 0.3) is 0 Å². The number of rotatable bonds is 5. The molecule has 0 aliphatic carbocycles. The first-order valence-corrected chi connectivity index (χ1v) is 7.40. The lowest BCUT2D eigenvalue weighted by Gasteiger charge is -2.17. The molecule has 1 aliphatic heterocycles. The zero-order valence-electron chi connectivity index (χ0n) is 12.3. The largest absolute Gasteiger partial charge is 0.491 e. The smallest absolute Gasteiger partial charge is 0.253 e. The molecule has 0 unspecified atom stereocenters. The SMILES string of the molecule is CC[C@H](C)Oc1ccc(C(=O)N2CC[C@H](CN)C2)cc1. The van der Waals surface area contributed by atoms with Crippen LogP contribution in [0.4, 0.5) is 0 Å². The Morgan fingerprint density at radius 1 is 1.45 bits per heavy atom. The molecule has 2 rings (SSSR count). The van der Waals surface area contributed by atoms with E-state index in [1.807, 2.05) is 36.1 Å². The Kier molecular flexibility index (Phi) is 5.01. The maximum Gasteiger partial charge on any atom is 0.253 e. The number of likely N-dealkylation sites (tertiary alicyclic amines) is 1. The summed E-state index contributed by atoms with van der Waals surface area (Å²) in [5.41, 5.74) is 6.38. The fraction of sp³-hybridized carbons (Fsp3) is 0.562. The lowest BCUT2D eigenvalue weighted by atomic mass is 10.1. The number of nitrogens with zero attached hydrogens (tertiary/aromatic N) is 1. The minimum Gasteiger partial charge on any atom is -0.491 e. The van der Waals surface area contributed by atoms with Crippen molar-refractivity contribution in [1.82, 2.24) is 4.90 Å². The average molecular weight is 276 g/mol. The van der Waals surface area contributed by atoms with E-state index in [2.05, 4.69) is 6.92 Å². The highest BCUT2D eigenvalue weighted by Crippen LogP contribution is 2.20. The van der Waals surface area contributed by atoms with E-state index in [1.165, 1.54) is 0 Å². The number of hydrogen-bond donors (Lipinski definition) is 1. The summed E-state index contributed by atoms with van der Waals surface area (Å²) in [7, 11) is 0. The molecular formula is C16H24N2O2. The highest BCUT2D eigenvalue weighted by Gasteiger charge is 2.25. The molecule has 1 heterocycles. The van der Waals surface area contributed by atoms with Crippen LogP contribution in [-0.4, -0.2) is 36.5 Å². The van der Waals surface area contributed by atoms with Crippen molar-refractivity contribution >= 4 is 5.91 Å². The van der Waals surface area contributed by atoms with Crippen molar-refractivity contribution < 1.29 is 9.53 Å². The third-order valence-electron chi connectivity index (χ3n) is 3.92. The monoisotopic (exact) mass is 276 g/mol. The van der Waals surface area contributed by atoms with Crippen molar-refractivity contribution in [2.24, 2.45) is 11.7 Å². The van der Waals surface area contributed by atoms with E-state index in [0.717, 1.165) is 37.2 Å². The van der Waals surface area contributed by atoms with Crippen molar-refractivity contribution in [1.29, 1.82) is 0 Å². The van der Waals surface area contributed by atoms with E-state index in [-0.39, 0.29) is 12.0 Å². The molecule has 20 heavy (non-hydrogen) atoms. The second-order valence-electron chi connectivity index (χ2n) is 5.50. The Labute approximate surface area is 120 Å². The lowest BCUT2D eigenvalue weighted by molar-refractivity contribution is 0.0787. The maximum atomic E-state index is 12.3. The first-order chi connectivity index (χ1) is 9.63. The molecule has 4 heteroatoms. The van der Waals surface area contributed by atoms with Gasteiger partial charge in [0.05, 0.1) is 6.10 Å². The molecule has 110 valence electrons. The summed E-state index contributed by atoms with van der Waals surface area (Å²) in [6.45, 7) is 6.37. The number of benzene rings is 1. The van der Waals surface area contributed by atoms with Crippen LogP contribution in [0, 0.1) is 5.92 Å². The van der Waals surface area contributed by atoms with E-state index in [9.17, 15) is 4.79 Å². The van der Waals surface area contributed by atoms with Crippen LogP contribution < -0.4 is 10.5 Å². The molecule has 1 fully saturated rings. The van der Waals surface area contributed by atoms with Crippen molar-refractivity contribution in [2.75, 3.05) is 19.6 Å². The normalized spacial score (nSPS) is 19.9. The Morgan fingerprint density at radius 2 is 2.15 bits per heavy atom. The van der Waals surface area contributed by atoms with Gasteiger partial charge in [-0.1, -0.05) is 6.92 Å². The maximum absolute atomic E-state index is 12.3. The fourth-order valence-corrected chi connectivity index (χ4v) is 2.38. The van der Waals surface area contributed by atoms with Crippen LogP contribution in [0.2, 0.25) is 0 Å². The minimum atomic E-state index is 0.0936. The first-order valence-electron chi connectivity index (χ1n) is 7.40. The number of amides is 1. The van der Waals surface area contributed by atoms with E-state index >= 15 is 0 Å². The summed E-state index contributed by atoms with van der Waals surface area (Å²) in [5, 5.41) is 0. The number of ether oxygens (including phenoxy) is 1. The number of nitrogens with two attached hydrogens (primary N) is 1. The van der Waals surface area contributed by atoms with Crippen LogP contribution in [0.1, 0.15) is 37.0 Å². The highest BCUT2D eigenvalue weighted by molar-refractivity contribution is 5.94. The molecule has 2 atom stereocenters. The quantitative estimate of drug-likeness (QED) is 0.897. The zero-order chi connectivity index (χ0) is 14.5. The van der Waals surface area contributed by atoms with E-state index < -0.39 is 0 Å². The summed E-state index contributed by atoms with van der Waals surface area (Å²) in [4.78, 5) is 14.2. The van der Waals surface area contributed by atoms with Crippen molar-refractivity contribution in [3.8, 4) is 5.75 Å². The molecule has 1 aromatic rings. The molecule has 0 bridgehead atoms. The second kappa shape index (κ2) is 6.75. The molecule has 1 aliphatic rings. The van der Waals surface area contributed by atoms with Crippen LogP contribution in [-0.2, 0) is 0 Å². The van der Waals surface area contributed by atoms with E-state index in [0.29, 0.717) is 12.5 Å². The molecule has 0 spiro atoms. The molecule has 0 radical (unpaired) electrons. The predicted molar refractivity (Wildman–Crippen MR) is 79.9 cm³/mol. The predicted octanol–water partition coefficient (Wildman–Crippen LogP) is 2.28. The molecule has 1 saturated heterocycles. The lowest BCUT2D eigenvalue weighted by Crippen LogP contribution is -2.29. The molecule has 4 nitrogen and oxygen atoms in total. The molecule has 1 aromatic carbocycles. The minimum absolute atomic E-state index is 0.0936. The third-order valence-corrected chi connectivity index (χ3v) is 3.92. The van der Waals surface area contributed by atoms with Crippen molar-refractivity contribution in [3.05, 3.63) is 29.8 Å². The second-order valence-corrected chi connectivity index (χ2v) is 5.50. The summed E-state index contributed by atoms with van der Waals surface area (Å²) < 4.78 is 5.72. The molecule has 0 aromatic heterocycles. The first kappa shape index (κ1) is 14.9. The molecular weight excluding hydrogens is 252 g/mol. The van der Waals surface area contributed by atoms with E-state index in [1.54, 1.807) is 0 Å².